The molecule has 1 N–H and O–H groups in total. The molecule has 0 radical (unpaired) electrons. The van der Waals surface area contributed by atoms with E-state index in [1.807, 2.05) is 13.0 Å². The molecule has 0 bridgehead atoms. The number of alkyl carbamates (subject to hydrolysis) is 1. The van der Waals surface area contributed by atoms with Gasteiger partial charge in [0, 0.05) is 5.56 Å². The normalized spacial score (nSPS) is 11.5. The van der Waals surface area contributed by atoms with Crippen LogP contribution in [0.1, 0.15) is 18.5 Å². The molecule has 1 aromatic rings. The minimum Gasteiger partial charge on any atom is -0.497 e. The second kappa shape index (κ2) is 5.98. The van der Waals surface area contributed by atoms with Crippen LogP contribution in [0.25, 0.3) is 0 Å². The Morgan fingerprint density at radius 2 is 1.94 bits per heavy atom. The molecule has 0 saturated carbocycles. The van der Waals surface area contributed by atoms with Crippen LogP contribution in [0.4, 0.5) is 4.79 Å². The molecule has 5 nitrogen and oxygen atoms in total. The van der Waals surface area contributed by atoms with Gasteiger partial charge in [-0.1, -0.05) is 0 Å². The number of hydrogen-bond donors (Lipinski definition) is 1. The molecule has 1 rings (SSSR count). The minimum absolute atomic E-state index is 0.229. The van der Waals surface area contributed by atoms with E-state index < -0.39 is 6.09 Å². The van der Waals surface area contributed by atoms with E-state index >= 15 is 0 Å². The Labute approximate surface area is 101 Å². The number of benzene rings is 1. The topological polar surface area (TPSA) is 56.8 Å². The lowest BCUT2D eigenvalue weighted by molar-refractivity contribution is 0.167. The molecule has 0 spiro atoms. The summed E-state index contributed by atoms with van der Waals surface area (Å²) in [7, 11) is 4.49. The summed E-state index contributed by atoms with van der Waals surface area (Å²) in [6.07, 6.45) is -0.484. The summed E-state index contributed by atoms with van der Waals surface area (Å²) in [5.41, 5.74) is 0.831. The van der Waals surface area contributed by atoms with E-state index in [1.54, 1.807) is 26.4 Å². The summed E-state index contributed by atoms with van der Waals surface area (Å²) in [6.45, 7) is 1.84. The standard InChI is InChI=1S/C12H17NO4/c1-8(13-12(14)17-4)10-7-9(15-2)5-6-11(10)16-3/h5-8H,1-4H3,(H,13,14)/t8-/m0/s1. The molecular formula is C12H17NO4. The highest BCUT2D eigenvalue weighted by molar-refractivity contribution is 5.67. The zero-order valence-electron chi connectivity index (χ0n) is 10.4. The van der Waals surface area contributed by atoms with Crippen molar-refractivity contribution in [1.29, 1.82) is 0 Å². The summed E-state index contributed by atoms with van der Waals surface area (Å²) >= 11 is 0. The number of carbonyl (C=O) groups is 1. The van der Waals surface area contributed by atoms with Gasteiger partial charge >= 0.3 is 6.09 Å². The Morgan fingerprint density at radius 1 is 1.24 bits per heavy atom. The van der Waals surface area contributed by atoms with Crippen molar-refractivity contribution in [2.75, 3.05) is 21.3 Å². The molecule has 1 aromatic carbocycles. The predicted molar refractivity (Wildman–Crippen MR) is 63.5 cm³/mol. The molecule has 1 atom stereocenters. The lowest BCUT2D eigenvalue weighted by Gasteiger charge is -2.17. The summed E-state index contributed by atoms with van der Waals surface area (Å²) in [6, 6.07) is 5.18. The molecule has 5 heteroatoms. The molecule has 0 unspecified atom stereocenters. The SMILES string of the molecule is COC(=O)N[C@@H](C)c1cc(OC)ccc1OC. The van der Waals surface area contributed by atoms with Crippen LogP contribution in [0.15, 0.2) is 18.2 Å². The maximum absolute atomic E-state index is 11.1. The number of amides is 1. The average molecular weight is 239 g/mol. The third-order valence-corrected chi connectivity index (χ3v) is 2.42. The first-order valence-electron chi connectivity index (χ1n) is 5.18. The highest BCUT2D eigenvalue weighted by Gasteiger charge is 2.15. The Balaban J connectivity index is 2.96. The fourth-order valence-electron chi connectivity index (χ4n) is 1.49. The molecule has 0 aliphatic rings. The maximum Gasteiger partial charge on any atom is 0.407 e. The number of ether oxygens (including phenoxy) is 3. The number of methoxy groups -OCH3 is 3. The van der Waals surface area contributed by atoms with E-state index in [0.29, 0.717) is 11.5 Å². The first kappa shape index (κ1) is 13.2. The smallest absolute Gasteiger partial charge is 0.407 e. The van der Waals surface area contributed by atoms with Crippen molar-refractivity contribution in [3.63, 3.8) is 0 Å². The average Bonchev–Trinajstić information content (AvgIpc) is 2.37. The molecule has 0 aliphatic carbocycles. The third kappa shape index (κ3) is 3.27. The first-order chi connectivity index (χ1) is 8.12. The fourth-order valence-corrected chi connectivity index (χ4v) is 1.49. The van der Waals surface area contributed by atoms with Gasteiger partial charge in [0.25, 0.3) is 0 Å². The van der Waals surface area contributed by atoms with Crippen LogP contribution in [-0.4, -0.2) is 27.4 Å². The van der Waals surface area contributed by atoms with Crippen LogP contribution in [0.5, 0.6) is 11.5 Å². The van der Waals surface area contributed by atoms with Crippen LogP contribution in [0.3, 0.4) is 0 Å². The van der Waals surface area contributed by atoms with Gasteiger partial charge in [0.2, 0.25) is 0 Å². The third-order valence-electron chi connectivity index (χ3n) is 2.42. The van der Waals surface area contributed by atoms with Crippen molar-refractivity contribution in [3.8, 4) is 11.5 Å². The Bertz CT molecular complexity index is 392. The monoisotopic (exact) mass is 239 g/mol. The van der Waals surface area contributed by atoms with E-state index in [9.17, 15) is 4.79 Å². The van der Waals surface area contributed by atoms with E-state index in [4.69, 9.17) is 9.47 Å². The number of carbonyl (C=O) groups excluding carboxylic acids is 1. The molecule has 0 heterocycles. The van der Waals surface area contributed by atoms with Crippen LogP contribution in [0, 0.1) is 0 Å². The van der Waals surface area contributed by atoms with Gasteiger partial charge in [0.15, 0.2) is 0 Å². The zero-order chi connectivity index (χ0) is 12.8. The quantitative estimate of drug-likeness (QED) is 0.874. The lowest BCUT2D eigenvalue weighted by atomic mass is 10.1. The second-order valence-electron chi connectivity index (χ2n) is 3.47. The predicted octanol–water partition coefficient (Wildman–Crippen LogP) is 2.12. The number of nitrogens with one attached hydrogen (secondary N) is 1. The van der Waals surface area contributed by atoms with Crippen molar-refractivity contribution in [1.82, 2.24) is 5.32 Å². The zero-order valence-corrected chi connectivity index (χ0v) is 10.4. The largest absolute Gasteiger partial charge is 0.497 e. The summed E-state index contributed by atoms with van der Waals surface area (Å²) in [5.74, 6) is 1.40. The summed E-state index contributed by atoms with van der Waals surface area (Å²) in [4.78, 5) is 11.1. The van der Waals surface area contributed by atoms with E-state index in [0.717, 1.165) is 5.56 Å². The van der Waals surface area contributed by atoms with Gasteiger partial charge in [-0.2, -0.15) is 0 Å². The summed E-state index contributed by atoms with van der Waals surface area (Å²) < 4.78 is 14.9. The fraction of sp³-hybridized carbons (Fsp3) is 0.417. The Kier molecular flexibility index (Phi) is 4.63. The molecule has 0 aliphatic heterocycles. The molecule has 17 heavy (non-hydrogen) atoms. The van der Waals surface area contributed by atoms with Crippen LogP contribution in [0.2, 0.25) is 0 Å². The van der Waals surface area contributed by atoms with Crippen LogP contribution in [-0.2, 0) is 4.74 Å². The van der Waals surface area contributed by atoms with Gasteiger partial charge in [-0.3, -0.25) is 0 Å². The number of rotatable bonds is 4. The molecule has 94 valence electrons. The van der Waals surface area contributed by atoms with Gasteiger partial charge in [0.05, 0.1) is 27.4 Å². The van der Waals surface area contributed by atoms with Crippen LogP contribution < -0.4 is 14.8 Å². The maximum atomic E-state index is 11.1. The molecule has 0 aromatic heterocycles. The minimum atomic E-state index is -0.484. The van der Waals surface area contributed by atoms with E-state index in [2.05, 4.69) is 10.1 Å². The van der Waals surface area contributed by atoms with Gasteiger partial charge < -0.3 is 19.5 Å². The van der Waals surface area contributed by atoms with Crippen LogP contribution >= 0.6 is 0 Å². The summed E-state index contributed by atoms with van der Waals surface area (Å²) in [5, 5.41) is 2.68. The van der Waals surface area contributed by atoms with Gasteiger partial charge in [-0.05, 0) is 25.1 Å². The highest BCUT2D eigenvalue weighted by atomic mass is 16.5. The molecular weight excluding hydrogens is 222 g/mol. The number of hydrogen-bond acceptors (Lipinski definition) is 4. The van der Waals surface area contributed by atoms with Gasteiger partial charge in [0.1, 0.15) is 11.5 Å². The highest BCUT2D eigenvalue weighted by Crippen LogP contribution is 2.29. The molecule has 0 saturated heterocycles. The van der Waals surface area contributed by atoms with Crippen molar-refractivity contribution < 1.29 is 19.0 Å². The Morgan fingerprint density at radius 3 is 2.47 bits per heavy atom. The van der Waals surface area contributed by atoms with Crippen molar-refractivity contribution in [2.24, 2.45) is 0 Å². The van der Waals surface area contributed by atoms with E-state index in [-0.39, 0.29) is 6.04 Å². The van der Waals surface area contributed by atoms with Gasteiger partial charge in [-0.15, -0.1) is 0 Å². The Hall–Kier alpha value is -1.91. The van der Waals surface area contributed by atoms with E-state index in [1.165, 1.54) is 7.11 Å². The first-order valence-corrected chi connectivity index (χ1v) is 5.18. The van der Waals surface area contributed by atoms with Gasteiger partial charge in [-0.25, -0.2) is 4.79 Å². The van der Waals surface area contributed by atoms with Crippen molar-refractivity contribution in [3.05, 3.63) is 23.8 Å². The van der Waals surface area contributed by atoms with Crippen molar-refractivity contribution >= 4 is 6.09 Å². The molecule has 0 fully saturated rings. The second-order valence-corrected chi connectivity index (χ2v) is 3.47. The molecule has 1 amide bonds. The van der Waals surface area contributed by atoms with Crippen molar-refractivity contribution in [2.45, 2.75) is 13.0 Å². The lowest BCUT2D eigenvalue weighted by Crippen LogP contribution is -2.26.